The Hall–Kier alpha value is -0.860. The predicted molar refractivity (Wildman–Crippen MR) is 93.1 cm³/mol. The van der Waals surface area contributed by atoms with Crippen molar-refractivity contribution >= 4 is 0 Å². The summed E-state index contributed by atoms with van der Waals surface area (Å²) in [6, 6.07) is 8.99. The highest BCUT2D eigenvalue weighted by Gasteiger charge is 2.23. The highest BCUT2D eigenvalue weighted by Crippen LogP contribution is 2.33. The molecule has 1 rings (SSSR count). The molecule has 120 valence electrons. The molecule has 2 heteroatoms. The monoisotopic (exact) mass is 290 g/mol. The lowest BCUT2D eigenvalue weighted by molar-refractivity contribution is 0.353. The molecule has 2 unspecified atom stereocenters. The summed E-state index contributed by atoms with van der Waals surface area (Å²) in [4.78, 5) is 0. The zero-order valence-corrected chi connectivity index (χ0v) is 14.6. The lowest BCUT2D eigenvalue weighted by Gasteiger charge is -2.29. The molecule has 1 aromatic rings. The van der Waals surface area contributed by atoms with Gasteiger partial charge in [-0.25, -0.2) is 0 Å². The van der Waals surface area contributed by atoms with Crippen molar-refractivity contribution in [2.45, 2.75) is 78.2 Å². The number of unbranched alkanes of at least 4 members (excludes halogenated alkanes) is 1. The maximum absolute atomic E-state index is 5.90. The van der Waals surface area contributed by atoms with Gasteiger partial charge in [0.15, 0.2) is 0 Å². The average Bonchev–Trinajstić information content (AvgIpc) is 2.47. The van der Waals surface area contributed by atoms with Crippen molar-refractivity contribution in [1.29, 1.82) is 0 Å². The number of hydrogen-bond donors (Lipinski definition) is 2. The van der Waals surface area contributed by atoms with Crippen molar-refractivity contribution in [1.82, 2.24) is 5.43 Å². The van der Waals surface area contributed by atoms with E-state index in [1.807, 2.05) is 0 Å². The number of nitrogens with two attached hydrogens (primary N) is 1. The Kier molecular flexibility index (Phi) is 7.41. The van der Waals surface area contributed by atoms with Crippen LogP contribution >= 0.6 is 0 Å². The van der Waals surface area contributed by atoms with Crippen LogP contribution in [-0.2, 0) is 5.41 Å². The van der Waals surface area contributed by atoms with Crippen LogP contribution in [0.1, 0.15) is 83.9 Å². The number of rotatable bonds is 8. The van der Waals surface area contributed by atoms with Gasteiger partial charge in [0.2, 0.25) is 0 Å². The number of hydrogen-bond acceptors (Lipinski definition) is 2. The van der Waals surface area contributed by atoms with Crippen LogP contribution in [0.15, 0.2) is 24.3 Å². The van der Waals surface area contributed by atoms with Gasteiger partial charge in [-0.3, -0.25) is 11.3 Å². The van der Waals surface area contributed by atoms with Crippen LogP contribution in [0.4, 0.5) is 0 Å². The van der Waals surface area contributed by atoms with E-state index in [0.717, 1.165) is 12.3 Å². The van der Waals surface area contributed by atoms with E-state index in [1.165, 1.54) is 36.8 Å². The third-order valence-corrected chi connectivity index (χ3v) is 4.46. The molecule has 1 aromatic carbocycles. The molecule has 0 saturated carbocycles. The smallest absolute Gasteiger partial charge is 0.0465 e. The average molecular weight is 290 g/mol. The summed E-state index contributed by atoms with van der Waals surface area (Å²) in [5.41, 5.74) is 5.99. The van der Waals surface area contributed by atoms with Crippen LogP contribution < -0.4 is 11.3 Å². The van der Waals surface area contributed by atoms with Crippen molar-refractivity contribution in [3.63, 3.8) is 0 Å². The van der Waals surface area contributed by atoms with Crippen LogP contribution in [0.5, 0.6) is 0 Å². The fraction of sp³-hybridized carbons (Fsp3) is 0.684. The zero-order valence-electron chi connectivity index (χ0n) is 14.6. The van der Waals surface area contributed by atoms with Crippen LogP contribution in [0.2, 0.25) is 0 Å². The van der Waals surface area contributed by atoms with E-state index in [0.29, 0.717) is 0 Å². The van der Waals surface area contributed by atoms with Gasteiger partial charge in [0.1, 0.15) is 0 Å². The molecule has 0 aromatic heterocycles. The Labute approximate surface area is 131 Å². The van der Waals surface area contributed by atoms with Crippen LogP contribution in [0.3, 0.4) is 0 Å². The minimum atomic E-state index is 0.150. The second kappa shape index (κ2) is 8.55. The normalized spacial score (nSPS) is 15.0. The standard InChI is InChI=1S/C19H34N2/c1-6-8-11-15(7-2)14-18(21-20)16-12-9-10-13-17(16)19(3,4)5/h9-10,12-13,15,18,21H,6-8,11,14,20H2,1-5H3. The first-order chi connectivity index (χ1) is 9.93. The van der Waals surface area contributed by atoms with Gasteiger partial charge in [-0.2, -0.15) is 0 Å². The molecular weight excluding hydrogens is 256 g/mol. The van der Waals surface area contributed by atoms with Gasteiger partial charge in [0, 0.05) is 6.04 Å². The molecule has 3 N–H and O–H groups in total. The van der Waals surface area contributed by atoms with Gasteiger partial charge >= 0.3 is 0 Å². The largest absolute Gasteiger partial charge is 0.271 e. The Bertz CT molecular complexity index is 406. The first kappa shape index (κ1) is 18.2. The van der Waals surface area contributed by atoms with E-state index in [-0.39, 0.29) is 11.5 Å². The maximum Gasteiger partial charge on any atom is 0.0465 e. The third kappa shape index (κ3) is 5.44. The summed E-state index contributed by atoms with van der Waals surface area (Å²) in [7, 11) is 0. The fourth-order valence-corrected chi connectivity index (χ4v) is 3.08. The van der Waals surface area contributed by atoms with Crippen molar-refractivity contribution < 1.29 is 0 Å². The van der Waals surface area contributed by atoms with E-state index in [1.54, 1.807) is 0 Å². The molecule has 2 nitrogen and oxygen atoms in total. The van der Waals surface area contributed by atoms with Crippen molar-refractivity contribution in [3.8, 4) is 0 Å². The molecule has 21 heavy (non-hydrogen) atoms. The highest BCUT2D eigenvalue weighted by molar-refractivity contribution is 5.35. The Balaban J connectivity index is 2.94. The number of hydrazine groups is 1. The van der Waals surface area contributed by atoms with Crippen molar-refractivity contribution in [2.24, 2.45) is 11.8 Å². The summed E-state index contributed by atoms with van der Waals surface area (Å²) >= 11 is 0. The molecule has 0 fully saturated rings. The highest BCUT2D eigenvalue weighted by atomic mass is 15.2. The van der Waals surface area contributed by atoms with E-state index >= 15 is 0 Å². The van der Waals surface area contributed by atoms with E-state index in [2.05, 4.69) is 64.3 Å². The van der Waals surface area contributed by atoms with Crippen LogP contribution in [0.25, 0.3) is 0 Å². The summed E-state index contributed by atoms with van der Waals surface area (Å²) < 4.78 is 0. The fourth-order valence-electron chi connectivity index (χ4n) is 3.08. The van der Waals surface area contributed by atoms with Crippen LogP contribution in [-0.4, -0.2) is 0 Å². The quantitative estimate of drug-likeness (QED) is 0.516. The minimum Gasteiger partial charge on any atom is -0.271 e. The Morgan fingerprint density at radius 2 is 1.81 bits per heavy atom. The third-order valence-electron chi connectivity index (χ3n) is 4.46. The van der Waals surface area contributed by atoms with Gasteiger partial charge in [-0.1, -0.05) is 84.6 Å². The first-order valence-electron chi connectivity index (χ1n) is 8.49. The molecule has 0 saturated heterocycles. The molecular formula is C19H34N2. The second-order valence-corrected chi connectivity index (χ2v) is 7.21. The Morgan fingerprint density at radius 3 is 2.33 bits per heavy atom. The van der Waals surface area contributed by atoms with Gasteiger partial charge in [-0.05, 0) is 28.9 Å². The Morgan fingerprint density at radius 1 is 1.14 bits per heavy atom. The number of nitrogens with one attached hydrogen (secondary N) is 1. The molecule has 0 amide bonds. The molecule has 0 radical (unpaired) electrons. The molecule has 2 atom stereocenters. The predicted octanol–water partition coefficient (Wildman–Crippen LogP) is 5.10. The van der Waals surface area contributed by atoms with E-state index in [4.69, 9.17) is 5.84 Å². The second-order valence-electron chi connectivity index (χ2n) is 7.21. The van der Waals surface area contributed by atoms with Crippen molar-refractivity contribution in [2.75, 3.05) is 0 Å². The van der Waals surface area contributed by atoms with E-state index < -0.39 is 0 Å². The first-order valence-corrected chi connectivity index (χ1v) is 8.49. The summed E-state index contributed by atoms with van der Waals surface area (Å²) in [5, 5.41) is 0. The lowest BCUT2D eigenvalue weighted by Crippen LogP contribution is -2.31. The molecule has 0 aliphatic carbocycles. The van der Waals surface area contributed by atoms with Crippen molar-refractivity contribution in [3.05, 3.63) is 35.4 Å². The summed E-state index contributed by atoms with van der Waals surface area (Å²) in [5.74, 6) is 6.65. The van der Waals surface area contributed by atoms with Gasteiger partial charge in [0.25, 0.3) is 0 Å². The maximum atomic E-state index is 5.90. The molecule has 0 aliphatic rings. The molecule has 0 heterocycles. The van der Waals surface area contributed by atoms with Gasteiger partial charge in [-0.15, -0.1) is 0 Å². The van der Waals surface area contributed by atoms with Crippen LogP contribution in [0, 0.1) is 5.92 Å². The van der Waals surface area contributed by atoms with Gasteiger partial charge < -0.3 is 0 Å². The summed E-state index contributed by atoms with van der Waals surface area (Å²) in [6.07, 6.45) is 6.26. The minimum absolute atomic E-state index is 0.150. The topological polar surface area (TPSA) is 38.0 Å². The SMILES string of the molecule is CCCCC(CC)CC(NN)c1ccccc1C(C)(C)C. The zero-order chi connectivity index (χ0) is 15.9. The molecule has 0 spiro atoms. The number of benzene rings is 1. The summed E-state index contributed by atoms with van der Waals surface area (Å²) in [6.45, 7) is 11.4. The van der Waals surface area contributed by atoms with Gasteiger partial charge in [0.05, 0.1) is 0 Å². The lowest BCUT2D eigenvalue weighted by atomic mass is 9.79. The molecule has 0 aliphatic heterocycles. The molecule has 0 bridgehead atoms. The van der Waals surface area contributed by atoms with E-state index in [9.17, 15) is 0 Å².